The van der Waals surface area contributed by atoms with E-state index in [9.17, 15) is 13.2 Å². The summed E-state index contributed by atoms with van der Waals surface area (Å²) in [5.41, 5.74) is 0. The summed E-state index contributed by atoms with van der Waals surface area (Å²) < 4.78 is 43.7. The van der Waals surface area contributed by atoms with Crippen LogP contribution < -0.4 is 9.47 Å². The Bertz CT molecular complexity index is 283. The Morgan fingerprint density at radius 1 is 1.08 bits per heavy atom. The van der Waals surface area contributed by atoms with E-state index in [1.54, 1.807) is 6.07 Å². The number of methoxy groups -OCH3 is 1. The fourth-order valence-electron chi connectivity index (χ4n) is 0.828. The first-order valence-corrected chi connectivity index (χ1v) is 3.41. The average Bonchev–Trinajstić information content (AvgIpc) is 2.02. The molecule has 0 N–H and O–H groups in total. The zero-order valence-corrected chi connectivity index (χ0v) is 6.76. The van der Waals surface area contributed by atoms with Crippen molar-refractivity contribution in [2.45, 2.75) is 6.36 Å². The smallest absolute Gasteiger partial charge is 0.493 e. The second-order valence-corrected chi connectivity index (χ2v) is 2.20. The molecule has 0 heterocycles. The van der Waals surface area contributed by atoms with Crippen molar-refractivity contribution in [3.8, 4) is 11.5 Å². The summed E-state index contributed by atoms with van der Waals surface area (Å²) in [4.78, 5) is 0. The quantitative estimate of drug-likeness (QED) is 0.715. The molecule has 0 aromatic heterocycles. The molecule has 0 spiro atoms. The van der Waals surface area contributed by atoms with E-state index in [2.05, 4.69) is 9.47 Å². The Morgan fingerprint density at radius 2 is 1.62 bits per heavy atom. The predicted octanol–water partition coefficient (Wildman–Crippen LogP) is 2.59. The zero-order chi connectivity index (χ0) is 9.90. The van der Waals surface area contributed by atoms with Crippen molar-refractivity contribution < 1.29 is 22.6 Å². The van der Waals surface area contributed by atoms with E-state index in [0.717, 1.165) is 0 Å². The number of halogens is 3. The minimum Gasteiger partial charge on any atom is -0.493 e. The number of benzene rings is 1. The highest BCUT2D eigenvalue weighted by molar-refractivity contribution is 5.39. The highest BCUT2D eigenvalue weighted by atomic mass is 19.3. The number of rotatable bonds is 2. The molecule has 72 valence electrons. The maximum Gasteiger partial charge on any atom is 0.573 e. The van der Waals surface area contributed by atoms with Crippen LogP contribution in [-0.4, -0.2) is 13.5 Å². The molecule has 0 amide bonds. The van der Waals surface area contributed by atoms with Crippen LogP contribution in [0.3, 0.4) is 0 Å². The molecule has 0 atom stereocenters. The lowest BCUT2D eigenvalue weighted by Crippen LogP contribution is -2.17. The van der Waals surface area contributed by atoms with E-state index in [1.807, 2.05) is 0 Å². The molecule has 0 saturated carbocycles. The monoisotopic (exact) mass is 191 g/mol. The number of para-hydroxylation sites is 2. The summed E-state index contributed by atoms with van der Waals surface area (Å²) >= 11 is 0. The molecule has 0 fully saturated rings. The lowest BCUT2D eigenvalue weighted by molar-refractivity contribution is -0.275. The lowest BCUT2D eigenvalue weighted by Gasteiger charge is -2.11. The van der Waals surface area contributed by atoms with Crippen molar-refractivity contribution in [2.24, 2.45) is 0 Å². The summed E-state index contributed by atoms with van der Waals surface area (Å²) in [5, 5.41) is 0. The van der Waals surface area contributed by atoms with Gasteiger partial charge in [0.2, 0.25) is 0 Å². The van der Waals surface area contributed by atoms with E-state index < -0.39 is 6.36 Å². The average molecular weight is 191 g/mol. The Morgan fingerprint density at radius 3 is 2.08 bits per heavy atom. The summed E-state index contributed by atoms with van der Waals surface area (Å²) in [7, 11) is 1.28. The van der Waals surface area contributed by atoms with Crippen LogP contribution in [0.4, 0.5) is 13.2 Å². The first kappa shape index (κ1) is 9.70. The molecule has 0 unspecified atom stereocenters. The van der Waals surface area contributed by atoms with Crippen molar-refractivity contribution >= 4 is 0 Å². The van der Waals surface area contributed by atoms with Crippen molar-refractivity contribution in [3.05, 3.63) is 24.3 Å². The molecule has 0 saturated heterocycles. The van der Waals surface area contributed by atoms with Gasteiger partial charge in [-0.2, -0.15) is 0 Å². The highest BCUT2D eigenvalue weighted by Crippen LogP contribution is 2.31. The number of alkyl halides is 3. The molecule has 0 aliphatic heterocycles. The minimum atomic E-state index is -4.69. The van der Waals surface area contributed by atoms with Gasteiger partial charge >= 0.3 is 6.36 Å². The Hall–Kier alpha value is -1.39. The van der Waals surface area contributed by atoms with Gasteiger partial charge in [0.15, 0.2) is 11.5 Å². The van der Waals surface area contributed by atoms with Crippen LogP contribution in [-0.2, 0) is 0 Å². The van der Waals surface area contributed by atoms with Gasteiger partial charge in [-0.15, -0.1) is 13.2 Å². The molecule has 0 bridgehead atoms. The predicted molar refractivity (Wildman–Crippen MR) is 39.7 cm³/mol. The Balaban J connectivity index is 2.87. The molecule has 1 rings (SSSR count). The standard InChI is InChI=1S/C8H7F3O2/c1-12-6-4-2-3-5-7(6)13-8(9,10)11/h2-5H,1H3/i9-1. The third-order valence-corrected chi connectivity index (χ3v) is 1.29. The van der Waals surface area contributed by atoms with Gasteiger partial charge in [0.1, 0.15) is 0 Å². The first-order chi connectivity index (χ1) is 6.03. The van der Waals surface area contributed by atoms with Gasteiger partial charge in [-0.3, -0.25) is 0 Å². The molecule has 1 aromatic rings. The summed E-state index contributed by atoms with van der Waals surface area (Å²) in [6.07, 6.45) is -4.69. The Kier molecular flexibility index (Phi) is 2.65. The van der Waals surface area contributed by atoms with Gasteiger partial charge in [-0.05, 0) is 12.1 Å². The molecule has 0 aliphatic rings. The van der Waals surface area contributed by atoms with E-state index >= 15 is 0 Å². The van der Waals surface area contributed by atoms with E-state index in [1.165, 1.54) is 25.3 Å². The molecule has 0 radical (unpaired) electrons. The second-order valence-electron chi connectivity index (χ2n) is 2.20. The summed E-state index contributed by atoms with van der Waals surface area (Å²) in [6.45, 7) is 0. The van der Waals surface area contributed by atoms with Gasteiger partial charge in [-0.1, -0.05) is 12.1 Å². The van der Waals surface area contributed by atoms with Gasteiger partial charge < -0.3 is 9.47 Å². The number of hydrogen-bond donors (Lipinski definition) is 0. The van der Waals surface area contributed by atoms with Crippen LogP contribution in [0.1, 0.15) is 0 Å². The number of hydrogen-bond acceptors (Lipinski definition) is 2. The molecular weight excluding hydrogens is 184 g/mol. The SMILES string of the molecule is COc1ccccc1OC(F)(F)[18F]. The van der Waals surface area contributed by atoms with Gasteiger partial charge in [0.25, 0.3) is 0 Å². The van der Waals surface area contributed by atoms with Gasteiger partial charge in [-0.25, -0.2) is 0 Å². The zero-order valence-electron chi connectivity index (χ0n) is 6.76. The Labute approximate surface area is 72.9 Å². The molecule has 1 aromatic carbocycles. The van der Waals surface area contributed by atoms with Crippen LogP contribution >= 0.6 is 0 Å². The van der Waals surface area contributed by atoms with E-state index in [4.69, 9.17) is 0 Å². The van der Waals surface area contributed by atoms with E-state index in [0.29, 0.717) is 0 Å². The third kappa shape index (κ3) is 2.85. The first-order valence-electron chi connectivity index (χ1n) is 3.41. The van der Waals surface area contributed by atoms with Crippen LogP contribution in [0.15, 0.2) is 24.3 Å². The third-order valence-electron chi connectivity index (χ3n) is 1.29. The van der Waals surface area contributed by atoms with Crippen LogP contribution in [0.2, 0.25) is 0 Å². The van der Waals surface area contributed by atoms with Crippen molar-refractivity contribution in [2.75, 3.05) is 7.11 Å². The minimum absolute atomic E-state index is 0.0554. The van der Waals surface area contributed by atoms with Crippen molar-refractivity contribution in [1.29, 1.82) is 0 Å². The fraction of sp³-hybridized carbons (Fsp3) is 0.250. The summed E-state index contributed by atoms with van der Waals surface area (Å²) in [5.74, 6) is -0.280. The lowest BCUT2D eigenvalue weighted by atomic mass is 10.3. The molecule has 0 aliphatic carbocycles. The molecule has 13 heavy (non-hydrogen) atoms. The number of ether oxygens (including phenoxy) is 2. The van der Waals surface area contributed by atoms with Crippen molar-refractivity contribution in [1.82, 2.24) is 0 Å². The van der Waals surface area contributed by atoms with Gasteiger partial charge in [0, 0.05) is 0 Å². The molecule has 5 heteroatoms. The van der Waals surface area contributed by atoms with Gasteiger partial charge in [0.05, 0.1) is 7.11 Å². The van der Waals surface area contributed by atoms with Crippen LogP contribution in [0.25, 0.3) is 0 Å². The van der Waals surface area contributed by atoms with Crippen LogP contribution in [0.5, 0.6) is 11.5 Å². The van der Waals surface area contributed by atoms with Crippen molar-refractivity contribution in [3.63, 3.8) is 0 Å². The second kappa shape index (κ2) is 3.55. The molecule has 2 nitrogen and oxygen atoms in total. The maximum absolute atomic E-state index is 11.8. The normalized spacial score (nSPS) is 11.1. The van der Waals surface area contributed by atoms with E-state index in [-0.39, 0.29) is 11.5 Å². The summed E-state index contributed by atoms with van der Waals surface area (Å²) in [6, 6.07) is 5.57. The maximum atomic E-state index is 11.8. The fourth-order valence-corrected chi connectivity index (χ4v) is 0.828. The molecular formula is C8H7F3O2. The largest absolute Gasteiger partial charge is 0.573 e. The highest BCUT2D eigenvalue weighted by Gasteiger charge is 2.32. The topological polar surface area (TPSA) is 18.5 Å². The van der Waals surface area contributed by atoms with Crippen LogP contribution in [0, 0.1) is 0 Å².